The van der Waals surface area contributed by atoms with Gasteiger partial charge < -0.3 is 10.4 Å². The number of thioether (sulfide) groups is 1. The van der Waals surface area contributed by atoms with E-state index in [2.05, 4.69) is 5.32 Å². The standard InChI is InChI=1S/C18H19Cl2NO2S/c1-12(15-8-7-14(19)9-16(15)20)21-18(23)11-24-10-17(22)13-5-3-2-4-6-13/h2-9,12,17,22H,10-11H2,1H3,(H,21,23). The van der Waals surface area contributed by atoms with E-state index in [0.29, 0.717) is 15.8 Å². The second-order valence-corrected chi connectivity index (χ2v) is 7.27. The zero-order valence-electron chi connectivity index (χ0n) is 13.2. The fourth-order valence-corrected chi connectivity index (χ4v) is 3.62. The summed E-state index contributed by atoms with van der Waals surface area (Å²) in [5, 5.41) is 14.1. The summed E-state index contributed by atoms with van der Waals surface area (Å²) in [5.74, 6) is 0.645. The largest absolute Gasteiger partial charge is 0.388 e. The Hall–Kier alpha value is -1.20. The van der Waals surface area contributed by atoms with Crippen LogP contribution < -0.4 is 5.32 Å². The molecule has 2 N–H and O–H groups in total. The first-order valence-corrected chi connectivity index (χ1v) is 9.43. The molecule has 0 aliphatic heterocycles. The number of aliphatic hydroxyl groups is 1. The summed E-state index contributed by atoms with van der Waals surface area (Å²) in [5.41, 5.74) is 1.68. The molecule has 2 rings (SSSR count). The van der Waals surface area contributed by atoms with Crippen LogP contribution in [-0.2, 0) is 4.79 Å². The topological polar surface area (TPSA) is 49.3 Å². The van der Waals surface area contributed by atoms with E-state index in [0.717, 1.165) is 11.1 Å². The Balaban J connectivity index is 1.78. The number of carbonyl (C=O) groups excluding carboxylic acids is 1. The van der Waals surface area contributed by atoms with E-state index in [1.54, 1.807) is 12.1 Å². The summed E-state index contributed by atoms with van der Waals surface area (Å²) in [6, 6.07) is 14.4. The van der Waals surface area contributed by atoms with E-state index in [1.165, 1.54) is 11.8 Å². The fourth-order valence-electron chi connectivity index (χ4n) is 2.25. The monoisotopic (exact) mass is 383 g/mol. The average molecular weight is 384 g/mol. The van der Waals surface area contributed by atoms with Crippen LogP contribution >= 0.6 is 35.0 Å². The first-order chi connectivity index (χ1) is 11.5. The van der Waals surface area contributed by atoms with Gasteiger partial charge in [0.25, 0.3) is 0 Å². The maximum atomic E-state index is 12.0. The minimum atomic E-state index is -0.577. The molecule has 24 heavy (non-hydrogen) atoms. The molecule has 2 unspecified atom stereocenters. The molecule has 2 aromatic carbocycles. The first-order valence-electron chi connectivity index (χ1n) is 7.52. The number of hydrogen-bond donors (Lipinski definition) is 2. The highest BCUT2D eigenvalue weighted by Crippen LogP contribution is 2.26. The van der Waals surface area contributed by atoms with Crippen molar-refractivity contribution in [3.05, 3.63) is 69.7 Å². The molecule has 0 aromatic heterocycles. The third kappa shape index (κ3) is 5.71. The van der Waals surface area contributed by atoms with Gasteiger partial charge in [0.15, 0.2) is 0 Å². The van der Waals surface area contributed by atoms with Gasteiger partial charge in [-0.25, -0.2) is 0 Å². The Bertz CT molecular complexity index is 682. The van der Waals surface area contributed by atoms with Crippen LogP contribution in [0.1, 0.15) is 30.2 Å². The number of rotatable bonds is 7. The molecule has 0 saturated heterocycles. The predicted molar refractivity (Wildman–Crippen MR) is 102 cm³/mol. The lowest BCUT2D eigenvalue weighted by atomic mass is 10.1. The first kappa shape index (κ1) is 19.1. The molecule has 3 nitrogen and oxygen atoms in total. The maximum Gasteiger partial charge on any atom is 0.230 e. The minimum absolute atomic E-state index is 0.0984. The van der Waals surface area contributed by atoms with E-state index in [4.69, 9.17) is 23.2 Å². The average Bonchev–Trinajstić information content (AvgIpc) is 2.55. The summed E-state index contributed by atoms with van der Waals surface area (Å²) in [6.07, 6.45) is -0.577. The number of hydrogen-bond acceptors (Lipinski definition) is 3. The van der Waals surface area contributed by atoms with Gasteiger partial charge in [0, 0.05) is 15.8 Å². The van der Waals surface area contributed by atoms with Gasteiger partial charge in [-0.15, -0.1) is 11.8 Å². The Kier molecular flexibility index (Phi) is 7.43. The molecule has 0 bridgehead atoms. The van der Waals surface area contributed by atoms with Crippen LogP contribution in [-0.4, -0.2) is 22.5 Å². The van der Waals surface area contributed by atoms with Crippen LogP contribution in [0.3, 0.4) is 0 Å². The van der Waals surface area contributed by atoms with E-state index in [-0.39, 0.29) is 17.7 Å². The summed E-state index contributed by atoms with van der Waals surface area (Å²) in [4.78, 5) is 12.0. The highest BCUT2D eigenvalue weighted by Gasteiger charge is 2.14. The molecular weight excluding hydrogens is 365 g/mol. The molecule has 0 heterocycles. The lowest BCUT2D eigenvalue weighted by molar-refractivity contribution is -0.119. The van der Waals surface area contributed by atoms with Crippen LogP contribution in [0.15, 0.2) is 48.5 Å². The summed E-state index contributed by atoms with van der Waals surface area (Å²) < 4.78 is 0. The number of aliphatic hydroxyl groups excluding tert-OH is 1. The van der Waals surface area contributed by atoms with Gasteiger partial charge in [0.05, 0.1) is 17.9 Å². The molecule has 1 amide bonds. The lowest BCUT2D eigenvalue weighted by Crippen LogP contribution is -2.28. The second-order valence-electron chi connectivity index (χ2n) is 5.40. The van der Waals surface area contributed by atoms with E-state index >= 15 is 0 Å². The third-order valence-electron chi connectivity index (χ3n) is 3.50. The molecule has 0 saturated carbocycles. The molecule has 2 atom stereocenters. The quantitative estimate of drug-likeness (QED) is 0.731. The predicted octanol–water partition coefficient (Wildman–Crippen LogP) is 4.64. The summed E-state index contributed by atoms with van der Waals surface area (Å²) in [7, 11) is 0. The number of halogens is 2. The van der Waals surface area contributed by atoms with Crippen LogP contribution in [0, 0.1) is 0 Å². The summed E-state index contributed by atoms with van der Waals surface area (Å²) in [6.45, 7) is 1.87. The van der Waals surface area contributed by atoms with E-state index in [1.807, 2.05) is 43.3 Å². The van der Waals surface area contributed by atoms with Crippen molar-refractivity contribution in [1.29, 1.82) is 0 Å². The number of nitrogens with one attached hydrogen (secondary N) is 1. The number of benzene rings is 2. The zero-order chi connectivity index (χ0) is 17.5. The lowest BCUT2D eigenvalue weighted by Gasteiger charge is -2.16. The third-order valence-corrected chi connectivity index (χ3v) is 5.08. The molecule has 0 aliphatic rings. The number of carbonyl (C=O) groups is 1. The van der Waals surface area contributed by atoms with Crippen LogP contribution in [0.25, 0.3) is 0 Å². The van der Waals surface area contributed by atoms with Gasteiger partial charge in [-0.3, -0.25) is 4.79 Å². The molecular formula is C18H19Cl2NO2S. The second kappa shape index (κ2) is 9.33. The Morgan fingerprint density at radius 2 is 1.92 bits per heavy atom. The molecule has 128 valence electrons. The van der Waals surface area contributed by atoms with E-state index in [9.17, 15) is 9.90 Å². The molecule has 0 radical (unpaired) electrons. The minimum Gasteiger partial charge on any atom is -0.388 e. The van der Waals surface area contributed by atoms with Crippen molar-refractivity contribution in [2.45, 2.75) is 19.1 Å². The van der Waals surface area contributed by atoms with Crippen molar-refractivity contribution in [1.82, 2.24) is 5.32 Å². The highest BCUT2D eigenvalue weighted by molar-refractivity contribution is 7.99. The Morgan fingerprint density at radius 3 is 2.58 bits per heavy atom. The van der Waals surface area contributed by atoms with Crippen molar-refractivity contribution in [3.63, 3.8) is 0 Å². The van der Waals surface area contributed by atoms with Crippen molar-refractivity contribution >= 4 is 40.9 Å². The van der Waals surface area contributed by atoms with E-state index < -0.39 is 6.10 Å². The van der Waals surface area contributed by atoms with Crippen molar-refractivity contribution in [2.24, 2.45) is 0 Å². The smallest absolute Gasteiger partial charge is 0.230 e. The van der Waals surface area contributed by atoms with Crippen molar-refractivity contribution < 1.29 is 9.90 Å². The maximum absolute atomic E-state index is 12.0. The van der Waals surface area contributed by atoms with Gasteiger partial charge in [-0.05, 0) is 30.2 Å². The number of amides is 1. The normalized spacial score (nSPS) is 13.3. The van der Waals surface area contributed by atoms with Gasteiger partial charge in [0.1, 0.15) is 0 Å². The molecule has 6 heteroatoms. The van der Waals surface area contributed by atoms with Gasteiger partial charge in [-0.2, -0.15) is 0 Å². The molecule has 0 aliphatic carbocycles. The molecule has 0 fully saturated rings. The fraction of sp³-hybridized carbons (Fsp3) is 0.278. The van der Waals surface area contributed by atoms with Crippen LogP contribution in [0.5, 0.6) is 0 Å². The van der Waals surface area contributed by atoms with Gasteiger partial charge in [-0.1, -0.05) is 59.6 Å². The van der Waals surface area contributed by atoms with Crippen LogP contribution in [0.2, 0.25) is 10.0 Å². The van der Waals surface area contributed by atoms with Crippen molar-refractivity contribution in [2.75, 3.05) is 11.5 Å². The highest BCUT2D eigenvalue weighted by atomic mass is 35.5. The van der Waals surface area contributed by atoms with Gasteiger partial charge >= 0.3 is 0 Å². The van der Waals surface area contributed by atoms with Gasteiger partial charge in [0.2, 0.25) is 5.91 Å². The Labute approximate surface area is 156 Å². The SMILES string of the molecule is CC(NC(=O)CSCC(O)c1ccccc1)c1ccc(Cl)cc1Cl. The van der Waals surface area contributed by atoms with Crippen LogP contribution in [0.4, 0.5) is 0 Å². The van der Waals surface area contributed by atoms with Crippen molar-refractivity contribution in [3.8, 4) is 0 Å². The molecule has 0 spiro atoms. The zero-order valence-corrected chi connectivity index (χ0v) is 15.5. The summed E-state index contributed by atoms with van der Waals surface area (Å²) >= 11 is 13.4. The Morgan fingerprint density at radius 1 is 1.21 bits per heavy atom. The molecule has 2 aromatic rings.